The van der Waals surface area contributed by atoms with Crippen molar-refractivity contribution in [1.29, 1.82) is 0 Å². The Bertz CT molecular complexity index is 411. The number of Topliss-reactive ketones (excluding diaryl/α,β-unsaturated/α-hetero) is 1. The largest absolute Gasteiger partial charge is 0.417 e. The van der Waals surface area contributed by atoms with Gasteiger partial charge in [-0.3, -0.25) is 4.79 Å². The lowest BCUT2D eigenvalue weighted by Crippen LogP contribution is -2.12. The lowest BCUT2D eigenvalue weighted by atomic mass is 10.0. The van der Waals surface area contributed by atoms with E-state index in [0.717, 1.165) is 6.92 Å². The van der Waals surface area contributed by atoms with Crippen molar-refractivity contribution in [2.75, 3.05) is 0 Å². The van der Waals surface area contributed by atoms with Crippen molar-refractivity contribution in [3.63, 3.8) is 0 Å². The molecule has 0 aliphatic rings. The van der Waals surface area contributed by atoms with Crippen LogP contribution in [0.2, 0.25) is 5.02 Å². The van der Waals surface area contributed by atoms with Gasteiger partial charge in [-0.25, -0.2) is 4.39 Å². The van der Waals surface area contributed by atoms with Crippen LogP contribution < -0.4 is 0 Å². The van der Waals surface area contributed by atoms with Crippen LogP contribution >= 0.6 is 11.6 Å². The number of hydrogen-bond donors (Lipinski definition) is 0. The van der Waals surface area contributed by atoms with Gasteiger partial charge in [-0.05, 0) is 19.1 Å². The minimum atomic E-state index is -4.72. The van der Waals surface area contributed by atoms with Crippen LogP contribution in [0.25, 0.3) is 0 Å². The zero-order valence-corrected chi connectivity index (χ0v) is 8.21. The molecule has 0 fully saturated rings. The van der Waals surface area contributed by atoms with Crippen LogP contribution in [0.4, 0.5) is 17.6 Å². The third kappa shape index (κ3) is 2.28. The van der Waals surface area contributed by atoms with E-state index >= 15 is 0 Å². The molecule has 1 aromatic carbocycles. The second-order valence-electron chi connectivity index (χ2n) is 2.84. The molecule has 1 rings (SSSR count). The van der Waals surface area contributed by atoms with E-state index in [-0.39, 0.29) is 0 Å². The van der Waals surface area contributed by atoms with E-state index in [9.17, 15) is 22.4 Å². The van der Waals surface area contributed by atoms with Gasteiger partial charge in [0.15, 0.2) is 5.78 Å². The summed E-state index contributed by atoms with van der Waals surface area (Å²) >= 11 is 5.30. The van der Waals surface area contributed by atoms with Crippen LogP contribution in [0.1, 0.15) is 22.8 Å². The normalized spacial score (nSPS) is 11.6. The summed E-state index contributed by atoms with van der Waals surface area (Å²) in [5, 5.41) is -0.794. The molecule has 0 aromatic heterocycles. The molecule has 0 N–H and O–H groups in total. The van der Waals surface area contributed by atoms with Gasteiger partial charge in [0.25, 0.3) is 0 Å². The number of ketones is 1. The predicted octanol–water partition coefficient (Wildman–Crippen LogP) is 3.70. The molecule has 0 heterocycles. The summed E-state index contributed by atoms with van der Waals surface area (Å²) in [5.74, 6) is -1.97. The SMILES string of the molecule is CC(=O)c1c(C(F)(F)F)ccc(F)c1Cl. The number of alkyl halides is 3. The maximum absolute atomic E-state index is 12.9. The Balaban J connectivity index is 3.55. The molecular weight excluding hydrogens is 236 g/mol. The van der Waals surface area contributed by atoms with Gasteiger partial charge in [0.1, 0.15) is 5.82 Å². The number of benzene rings is 1. The van der Waals surface area contributed by atoms with E-state index in [4.69, 9.17) is 11.6 Å². The molecule has 82 valence electrons. The van der Waals surface area contributed by atoms with E-state index in [2.05, 4.69) is 0 Å². The summed E-state index contributed by atoms with van der Waals surface area (Å²) in [6.07, 6.45) is -4.72. The Morgan fingerprint density at radius 3 is 2.27 bits per heavy atom. The fourth-order valence-electron chi connectivity index (χ4n) is 1.13. The molecular formula is C9H5ClF4O. The first kappa shape index (κ1) is 12.0. The number of carbonyl (C=O) groups excluding carboxylic acids is 1. The lowest BCUT2D eigenvalue weighted by Gasteiger charge is -2.12. The van der Waals surface area contributed by atoms with Crippen molar-refractivity contribution in [2.45, 2.75) is 13.1 Å². The minimum absolute atomic E-state index is 0.498. The van der Waals surface area contributed by atoms with Gasteiger partial charge in [-0.2, -0.15) is 13.2 Å². The monoisotopic (exact) mass is 240 g/mol. The van der Waals surface area contributed by atoms with Gasteiger partial charge in [0.2, 0.25) is 0 Å². The average Bonchev–Trinajstić information content (AvgIpc) is 2.06. The lowest BCUT2D eigenvalue weighted by molar-refractivity contribution is -0.137. The molecule has 0 unspecified atom stereocenters. The van der Waals surface area contributed by atoms with E-state index in [1.54, 1.807) is 0 Å². The summed E-state index contributed by atoms with van der Waals surface area (Å²) in [5.41, 5.74) is -2.05. The molecule has 0 aliphatic heterocycles. The first-order valence-electron chi connectivity index (χ1n) is 3.81. The predicted molar refractivity (Wildman–Crippen MR) is 46.4 cm³/mol. The highest BCUT2D eigenvalue weighted by atomic mass is 35.5. The van der Waals surface area contributed by atoms with Crippen molar-refractivity contribution in [3.05, 3.63) is 34.1 Å². The average molecular weight is 241 g/mol. The summed E-state index contributed by atoms with van der Waals surface area (Å²) in [4.78, 5) is 10.9. The minimum Gasteiger partial charge on any atom is -0.294 e. The van der Waals surface area contributed by atoms with Crippen LogP contribution in [-0.4, -0.2) is 5.78 Å². The van der Waals surface area contributed by atoms with Crippen molar-refractivity contribution in [3.8, 4) is 0 Å². The summed E-state index contributed by atoms with van der Waals surface area (Å²) in [6, 6.07) is 1.08. The van der Waals surface area contributed by atoms with E-state index in [0.29, 0.717) is 12.1 Å². The highest BCUT2D eigenvalue weighted by Crippen LogP contribution is 2.36. The molecule has 0 atom stereocenters. The smallest absolute Gasteiger partial charge is 0.294 e. The Morgan fingerprint density at radius 1 is 1.33 bits per heavy atom. The first-order chi connectivity index (χ1) is 6.75. The van der Waals surface area contributed by atoms with Crippen LogP contribution in [0, 0.1) is 5.82 Å². The third-order valence-corrected chi connectivity index (χ3v) is 2.12. The van der Waals surface area contributed by atoms with Crippen LogP contribution in [0.3, 0.4) is 0 Å². The van der Waals surface area contributed by atoms with Crippen molar-refractivity contribution >= 4 is 17.4 Å². The van der Waals surface area contributed by atoms with E-state index < -0.39 is 33.9 Å². The second kappa shape index (κ2) is 3.81. The first-order valence-corrected chi connectivity index (χ1v) is 4.19. The number of rotatable bonds is 1. The fourth-order valence-corrected chi connectivity index (χ4v) is 1.43. The van der Waals surface area contributed by atoms with Crippen LogP contribution in [0.5, 0.6) is 0 Å². The zero-order valence-electron chi connectivity index (χ0n) is 7.45. The fraction of sp³-hybridized carbons (Fsp3) is 0.222. The van der Waals surface area contributed by atoms with Gasteiger partial charge in [0, 0.05) is 0 Å². The molecule has 0 saturated heterocycles. The topological polar surface area (TPSA) is 17.1 Å². The molecule has 0 saturated carbocycles. The summed E-state index contributed by atoms with van der Waals surface area (Å²) in [6.45, 7) is 0.899. The van der Waals surface area contributed by atoms with Gasteiger partial charge in [-0.15, -0.1) is 0 Å². The van der Waals surface area contributed by atoms with Crippen LogP contribution in [0.15, 0.2) is 12.1 Å². The maximum Gasteiger partial charge on any atom is 0.417 e. The maximum atomic E-state index is 12.9. The standard InChI is InChI=1S/C9H5ClF4O/c1-4(15)7-5(9(12,13)14)2-3-6(11)8(7)10/h2-3H,1H3. The molecule has 0 radical (unpaired) electrons. The molecule has 6 heteroatoms. The van der Waals surface area contributed by atoms with Crippen LogP contribution in [-0.2, 0) is 6.18 Å². The Hall–Kier alpha value is -1.10. The van der Waals surface area contributed by atoms with E-state index in [1.165, 1.54) is 0 Å². The molecule has 15 heavy (non-hydrogen) atoms. The van der Waals surface area contributed by atoms with Gasteiger partial charge < -0.3 is 0 Å². The molecule has 0 bridgehead atoms. The molecule has 1 nitrogen and oxygen atoms in total. The Morgan fingerprint density at radius 2 is 1.87 bits per heavy atom. The Kier molecular flexibility index (Phi) is 3.04. The van der Waals surface area contributed by atoms with E-state index in [1.807, 2.05) is 0 Å². The molecule has 1 aromatic rings. The van der Waals surface area contributed by atoms with Gasteiger partial charge >= 0.3 is 6.18 Å². The van der Waals surface area contributed by atoms with Crippen molar-refractivity contribution in [2.24, 2.45) is 0 Å². The third-order valence-electron chi connectivity index (χ3n) is 1.75. The molecule has 0 spiro atoms. The van der Waals surface area contributed by atoms with Gasteiger partial charge in [-0.1, -0.05) is 11.6 Å². The second-order valence-corrected chi connectivity index (χ2v) is 3.22. The highest BCUT2D eigenvalue weighted by Gasteiger charge is 2.36. The van der Waals surface area contributed by atoms with Gasteiger partial charge in [0.05, 0.1) is 16.1 Å². The number of carbonyl (C=O) groups is 1. The number of halogens is 5. The molecule has 0 amide bonds. The highest BCUT2D eigenvalue weighted by molar-refractivity contribution is 6.34. The zero-order chi connectivity index (χ0) is 11.8. The molecule has 0 aliphatic carbocycles. The Labute approximate surface area is 87.7 Å². The summed E-state index contributed by atoms with van der Waals surface area (Å²) < 4.78 is 50.0. The summed E-state index contributed by atoms with van der Waals surface area (Å²) in [7, 11) is 0. The quantitative estimate of drug-likeness (QED) is 0.540. The van der Waals surface area contributed by atoms with Crippen molar-refractivity contribution < 1.29 is 22.4 Å². The number of hydrogen-bond acceptors (Lipinski definition) is 1. The van der Waals surface area contributed by atoms with Crippen molar-refractivity contribution in [1.82, 2.24) is 0 Å².